The van der Waals surface area contributed by atoms with Crippen LogP contribution >= 0.6 is 0 Å². The third-order valence-corrected chi connectivity index (χ3v) is 4.16. The Labute approximate surface area is 112 Å². The summed E-state index contributed by atoms with van der Waals surface area (Å²) in [6.45, 7) is 3.43. The first-order valence-corrected chi connectivity index (χ1v) is 7.34. The molecule has 2 atom stereocenters. The van der Waals surface area contributed by atoms with Crippen LogP contribution in [-0.2, 0) is 6.42 Å². The van der Waals surface area contributed by atoms with Gasteiger partial charge in [-0.15, -0.1) is 0 Å². The van der Waals surface area contributed by atoms with E-state index in [0.29, 0.717) is 0 Å². The summed E-state index contributed by atoms with van der Waals surface area (Å²) in [4.78, 5) is 2.35. The molecular weight excluding hydrogens is 218 g/mol. The fraction of sp³-hybridized carbons (Fsp3) is 0.647. The smallest absolute Gasteiger partial charge is 0.000366 e. The van der Waals surface area contributed by atoms with Gasteiger partial charge in [-0.05, 0) is 57.7 Å². The van der Waals surface area contributed by atoms with Crippen molar-refractivity contribution in [3.63, 3.8) is 0 Å². The maximum absolute atomic E-state index is 2.35. The molecular formula is C17H27N. The molecule has 2 unspecified atom stereocenters. The topological polar surface area (TPSA) is 3.24 Å². The first kappa shape index (κ1) is 13.6. The second kappa shape index (κ2) is 6.38. The van der Waals surface area contributed by atoms with E-state index in [4.69, 9.17) is 0 Å². The maximum atomic E-state index is 2.35. The summed E-state index contributed by atoms with van der Waals surface area (Å²) in [5.41, 5.74) is 2.89. The second-order valence-electron chi connectivity index (χ2n) is 6.35. The highest BCUT2D eigenvalue weighted by molar-refractivity contribution is 5.21. The Hall–Kier alpha value is -0.820. The summed E-state index contributed by atoms with van der Waals surface area (Å²) >= 11 is 0. The van der Waals surface area contributed by atoms with E-state index in [1.54, 1.807) is 0 Å². The van der Waals surface area contributed by atoms with E-state index < -0.39 is 0 Å². The van der Waals surface area contributed by atoms with E-state index >= 15 is 0 Å². The van der Waals surface area contributed by atoms with Gasteiger partial charge in [-0.1, -0.05) is 42.7 Å². The average Bonchev–Trinajstić information content (AvgIpc) is 2.32. The number of aryl methyl sites for hydroxylation is 1. The van der Waals surface area contributed by atoms with Crippen LogP contribution in [0.5, 0.6) is 0 Å². The molecule has 0 heterocycles. The van der Waals surface area contributed by atoms with Gasteiger partial charge in [-0.3, -0.25) is 0 Å². The molecule has 0 bridgehead atoms. The summed E-state index contributed by atoms with van der Waals surface area (Å²) in [5, 5.41) is 0. The van der Waals surface area contributed by atoms with Gasteiger partial charge < -0.3 is 4.90 Å². The van der Waals surface area contributed by atoms with Crippen LogP contribution < -0.4 is 0 Å². The highest BCUT2D eigenvalue weighted by Crippen LogP contribution is 2.31. The number of hydrogen-bond donors (Lipinski definition) is 0. The van der Waals surface area contributed by atoms with E-state index in [1.807, 2.05) is 0 Å². The third-order valence-electron chi connectivity index (χ3n) is 4.16. The lowest BCUT2D eigenvalue weighted by Gasteiger charge is -2.31. The zero-order valence-electron chi connectivity index (χ0n) is 12.2. The Morgan fingerprint density at radius 1 is 1.06 bits per heavy atom. The minimum Gasteiger partial charge on any atom is -0.309 e. The Kier molecular flexibility index (Phi) is 4.82. The van der Waals surface area contributed by atoms with Gasteiger partial charge in [0, 0.05) is 6.54 Å². The minimum absolute atomic E-state index is 0.909. The van der Waals surface area contributed by atoms with Gasteiger partial charge in [0.1, 0.15) is 0 Å². The fourth-order valence-electron chi connectivity index (χ4n) is 3.33. The minimum atomic E-state index is 0.909. The van der Waals surface area contributed by atoms with Gasteiger partial charge in [0.25, 0.3) is 0 Å². The predicted molar refractivity (Wildman–Crippen MR) is 78.9 cm³/mol. The standard InChI is InChI=1S/C17H27N/c1-14-7-9-15(10-8-14)11-16-5-4-6-17(12-16)13-18(2)3/h7-10,16-17H,4-6,11-13H2,1-3H3. The highest BCUT2D eigenvalue weighted by Gasteiger charge is 2.22. The molecule has 0 spiro atoms. The molecule has 1 aliphatic carbocycles. The molecule has 0 aromatic heterocycles. The van der Waals surface area contributed by atoms with Gasteiger partial charge in [0.2, 0.25) is 0 Å². The van der Waals surface area contributed by atoms with Gasteiger partial charge in [0.15, 0.2) is 0 Å². The van der Waals surface area contributed by atoms with Gasteiger partial charge in [0.05, 0.1) is 0 Å². The SMILES string of the molecule is Cc1ccc(CC2CCCC(CN(C)C)C2)cc1. The highest BCUT2D eigenvalue weighted by atomic mass is 15.1. The Bertz CT molecular complexity index is 352. The van der Waals surface area contributed by atoms with Crippen molar-refractivity contribution in [2.75, 3.05) is 20.6 Å². The van der Waals surface area contributed by atoms with Crippen LogP contribution in [0.3, 0.4) is 0 Å². The molecule has 1 fully saturated rings. The summed E-state index contributed by atoms with van der Waals surface area (Å²) in [7, 11) is 4.40. The molecule has 1 saturated carbocycles. The number of rotatable bonds is 4. The van der Waals surface area contributed by atoms with Gasteiger partial charge >= 0.3 is 0 Å². The molecule has 1 nitrogen and oxygen atoms in total. The lowest BCUT2D eigenvalue weighted by atomic mass is 9.78. The molecule has 0 radical (unpaired) electrons. The molecule has 18 heavy (non-hydrogen) atoms. The molecule has 0 aliphatic heterocycles. The summed E-state index contributed by atoms with van der Waals surface area (Å²) in [5.74, 6) is 1.83. The molecule has 1 aromatic rings. The molecule has 100 valence electrons. The van der Waals surface area contributed by atoms with Crippen LogP contribution in [0.15, 0.2) is 24.3 Å². The van der Waals surface area contributed by atoms with Crippen molar-refractivity contribution in [2.45, 2.75) is 39.0 Å². The normalized spacial score (nSPS) is 24.4. The molecule has 2 rings (SSSR count). The molecule has 1 heteroatoms. The van der Waals surface area contributed by atoms with Crippen molar-refractivity contribution in [2.24, 2.45) is 11.8 Å². The Morgan fingerprint density at radius 3 is 2.39 bits per heavy atom. The van der Waals surface area contributed by atoms with E-state index in [2.05, 4.69) is 50.2 Å². The summed E-state index contributed by atoms with van der Waals surface area (Å²) in [6.07, 6.45) is 6.99. The zero-order chi connectivity index (χ0) is 13.0. The number of benzene rings is 1. The predicted octanol–water partition coefficient (Wildman–Crippen LogP) is 3.91. The Morgan fingerprint density at radius 2 is 1.72 bits per heavy atom. The molecule has 1 aromatic carbocycles. The molecule has 0 amide bonds. The van der Waals surface area contributed by atoms with Crippen LogP contribution in [0.2, 0.25) is 0 Å². The van der Waals surface area contributed by atoms with Crippen molar-refractivity contribution in [1.29, 1.82) is 0 Å². The lowest BCUT2D eigenvalue weighted by Crippen LogP contribution is -2.27. The maximum Gasteiger partial charge on any atom is 0.000366 e. The van der Waals surface area contributed by atoms with Crippen LogP contribution in [0.1, 0.15) is 36.8 Å². The zero-order valence-corrected chi connectivity index (χ0v) is 12.2. The van der Waals surface area contributed by atoms with E-state index in [1.165, 1.54) is 49.8 Å². The van der Waals surface area contributed by atoms with Crippen LogP contribution in [0, 0.1) is 18.8 Å². The van der Waals surface area contributed by atoms with E-state index in [9.17, 15) is 0 Å². The monoisotopic (exact) mass is 245 g/mol. The average molecular weight is 245 g/mol. The quantitative estimate of drug-likeness (QED) is 0.777. The number of hydrogen-bond acceptors (Lipinski definition) is 1. The largest absolute Gasteiger partial charge is 0.309 e. The first-order valence-electron chi connectivity index (χ1n) is 7.34. The van der Waals surface area contributed by atoms with Crippen molar-refractivity contribution in [3.05, 3.63) is 35.4 Å². The van der Waals surface area contributed by atoms with Crippen molar-refractivity contribution in [1.82, 2.24) is 4.90 Å². The van der Waals surface area contributed by atoms with Gasteiger partial charge in [-0.2, -0.15) is 0 Å². The van der Waals surface area contributed by atoms with Crippen molar-refractivity contribution >= 4 is 0 Å². The van der Waals surface area contributed by atoms with E-state index in [0.717, 1.165) is 11.8 Å². The summed E-state index contributed by atoms with van der Waals surface area (Å²) < 4.78 is 0. The fourth-order valence-corrected chi connectivity index (χ4v) is 3.33. The first-order chi connectivity index (χ1) is 8.63. The van der Waals surface area contributed by atoms with Gasteiger partial charge in [-0.25, -0.2) is 0 Å². The second-order valence-corrected chi connectivity index (χ2v) is 6.35. The van der Waals surface area contributed by atoms with Crippen molar-refractivity contribution in [3.8, 4) is 0 Å². The molecule has 0 saturated heterocycles. The third kappa shape index (κ3) is 4.13. The van der Waals surface area contributed by atoms with Crippen LogP contribution in [0.4, 0.5) is 0 Å². The summed E-state index contributed by atoms with van der Waals surface area (Å²) in [6, 6.07) is 9.11. The van der Waals surface area contributed by atoms with E-state index in [-0.39, 0.29) is 0 Å². The lowest BCUT2D eigenvalue weighted by molar-refractivity contribution is 0.214. The Balaban J connectivity index is 1.87. The van der Waals surface area contributed by atoms with Crippen LogP contribution in [0.25, 0.3) is 0 Å². The van der Waals surface area contributed by atoms with Crippen LogP contribution in [-0.4, -0.2) is 25.5 Å². The molecule has 1 aliphatic rings. The number of nitrogens with zero attached hydrogens (tertiary/aromatic N) is 1. The van der Waals surface area contributed by atoms with Crippen molar-refractivity contribution < 1.29 is 0 Å². The molecule has 0 N–H and O–H groups in total.